The number of hydrogen-bond acceptors (Lipinski definition) is 4. The van der Waals surface area contributed by atoms with E-state index in [1.807, 2.05) is 0 Å². The van der Waals surface area contributed by atoms with E-state index in [2.05, 4.69) is 36.5 Å². The van der Waals surface area contributed by atoms with Crippen molar-refractivity contribution in [3.8, 4) is 0 Å². The van der Waals surface area contributed by atoms with Crippen molar-refractivity contribution >= 4 is 11.3 Å². The average Bonchev–Trinajstić information content (AvgIpc) is 2.62. The molecule has 4 heteroatoms. The minimum absolute atomic E-state index is 0.526. The van der Waals surface area contributed by atoms with E-state index in [1.54, 1.807) is 18.4 Å². The van der Waals surface area contributed by atoms with E-state index in [0.29, 0.717) is 18.6 Å². The van der Waals surface area contributed by atoms with Gasteiger partial charge >= 0.3 is 0 Å². The van der Waals surface area contributed by atoms with Crippen LogP contribution in [0.25, 0.3) is 0 Å². The fraction of sp³-hybridized carbons (Fsp3) is 0.727. The van der Waals surface area contributed by atoms with Gasteiger partial charge in [0, 0.05) is 25.1 Å². The van der Waals surface area contributed by atoms with Crippen LogP contribution in [0.1, 0.15) is 31.5 Å². The molecule has 0 aliphatic carbocycles. The van der Waals surface area contributed by atoms with Gasteiger partial charge in [-0.15, -0.1) is 11.3 Å². The van der Waals surface area contributed by atoms with Gasteiger partial charge in [0.05, 0.1) is 12.3 Å². The van der Waals surface area contributed by atoms with Crippen LogP contribution in [-0.4, -0.2) is 18.1 Å². The third-order valence-electron chi connectivity index (χ3n) is 2.47. The van der Waals surface area contributed by atoms with Crippen LogP contribution in [0.5, 0.6) is 0 Å². The summed E-state index contributed by atoms with van der Waals surface area (Å²) in [5, 5.41) is 6.60. The Labute approximate surface area is 95.9 Å². The molecule has 15 heavy (non-hydrogen) atoms. The maximum absolute atomic E-state index is 5.03. The van der Waals surface area contributed by atoms with E-state index in [9.17, 15) is 0 Å². The zero-order valence-electron chi connectivity index (χ0n) is 9.91. The molecule has 1 heterocycles. The molecule has 0 aliphatic heterocycles. The molecule has 0 aliphatic rings. The lowest BCUT2D eigenvalue weighted by atomic mass is 10.1. The minimum Gasteiger partial charge on any atom is -0.378 e. The van der Waals surface area contributed by atoms with E-state index in [1.165, 1.54) is 0 Å². The summed E-state index contributed by atoms with van der Waals surface area (Å²) in [7, 11) is 1.69. The Bertz CT molecular complexity index is 286. The fourth-order valence-electron chi connectivity index (χ4n) is 1.12. The van der Waals surface area contributed by atoms with Gasteiger partial charge < -0.3 is 10.1 Å². The molecule has 1 atom stereocenters. The van der Waals surface area contributed by atoms with Crippen molar-refractivity contribution in [3.63, 3.8) is 0 Å². The van der Waals surface area contributed by atoms with E-state index >= 15 is 0 Å². The molecule has 1 aromatic heterocycles. The first-order valence-corrected chi connectivity index (χ1v) is 6.17. The highest BCUT2D eigenvalue weighted by atomic mass is 32.1. The topological polar surface area (TPSA) is 34.1 Å². The quantitative estimate of drug-likeness (QED) is 0.812. The van der Waals surface area contributed by atoms with E-state index in [4.69, 9.17) is 4.74 Å². The second kappa shape index (κ2) is 6.20. The number of ether oxygens (including phenoxy) is 1. The van der Waals surface area contributed by atoms with E-state index in [0.717, 1.165) is 17.2 Å². The number of thiazole rings is 1. The highest BCUT2D eigenvalue weighted by Gasteiger charge is 2.07. The average molecular weight is 228 g/mol. The zero-order valence-corrected chi connectivity index (χ0v) is 10.7. The molecule has 0 saturated carbocycles. The second-order valence-electron chi connectivity index (χ2n) is 4.08. The Balaban J connectivity index is 2.37. The molecule has 3 nitrogen and oxygen atoms in total. The van der Waals surface area contributed by atoms with Gasteiger partial charge in [0.25, 0.3) is 0 Å². The molecule has 0 aromatic carbocycles. The SMILES string of the molecule is COCc1nc(CNC(C)C(C)C)cs1. The summed E-state index contributed by atoms with van der Waals surface area (Å²) >= 11 is 1.66. The first-order valence-electron chi connectivity index (χ1n) is 5.29. The first kappa shape index (κ1) is 12.6. The van der Waals surface area contributed by atoms with Crippen LogP contribution < -0.4 is 5.32 Å². The summed E-state index contributed by atoms with van der Waals surface area (Å²) in [5.41, 5.74) is 1.11. The van der Waals surface area contributed by atoms with Gasteiger partial charge in [-0.05, 0) is 12.8 Å². The van der Waals surface area contributed by atoms with Crippen molar-refractivity contribution < 1.29 is 4.74 Å². The highest BCUT2D eigenvalue weighted by Crippen LogP contribution is 2.11. The first-order chi connectivity index (χ1) is 7.13. The Kier molecular flexibility index (Phi) is 5.22. The van der Waals surface area contributed by atoms with Crippen LogP contribution in [0.2, 0.25) is 0 Å². The molecule has 1 unspecified atom stereocenters. The smallest absolute Gasteiger partial charge is 0.119 e. The lowest BCUT2D eigenvalue weighted by molar-refractivity contribution is 0.184. The Morgan fingerprint density at radius 3 is 2.80 bits per heavy atom. The number of hydrogen-bond donors (Lipinski definition) is 1. The third-order valence-corrected chi connectivity index (χ3v) is 3.34. The van der Waals surface area contributed by atoms with Gasteiger partial charge in [-0.1, -0.05) is 13.8 Å². The number of rotatable bonds is 6. The van der Waals surface area contributed by atoms with E-state index < -0.39 is 0 Å². The molecular formula is C11H20N2OS. The summed E-state index contributed by atoms with van der Waals surface area (Å²) < 4.78 is 5.03. The highest BCUT2D eigenvalue weighted by molar-refractivity contribution is 7.09. The summed E-state index contributed by atoms with van der Waals surface area (Å²) in [6.07, 6.45) is 0. The molecule has 1 rings (SSSR count). The summed E-state index contributed by atoms with van der Waals surface area (Å²) in [6, 6.07) is 0.526. The minimum atomic E-state index is 0.526. The van der Waals surface area contributed by atoms with Crippen molar-refractivity contribution in [2.45, 2.75) is 40.0 Å². The van der Waals surface area contributed by atoms with Gasteiger partial charge in [0.15, 0.2) is 0 Å². The molecule has 0 fully saturated rings. The monoisotopic (exact) mass is 228 g/mol. The number of aromatic nitrogens is 1. The van der Waals surface area contributed by atoms with Crippen molar-refractivity contribution in [2.75, 3.05) is 7.11 Å². The third kappa shape index (κ3) is 4.28. The summed E-state index contributed by atoms with van der Waals surface area (Å²) in [6.45, 7) is 8.10. The lowest BCUT2D eigenvalue weighted by Crippen LogP contribution is -2.30. The molecule has 1 N–H and O–H groups in total. The van der Waals surface area contributed by atoms with Crippen molar-refractivity contribution in [3.05, 3.63) is 16.1 Å². The van der Waals surface area contributed by atoms with Gasteiger partial charge in [0.1, 0.15) is 5.01 Å². The van der Waals surface area contributed by atoms with Crippen LogP contribution in [0.3, 0.4) is 0 Å². The standard InChI is InChI=1S/C11H20N2OS/c1-8(2)9(3)12-5-10-7-15-11(13-10)6-14-4/h7-9,12H,5-6H2,1-4H3. The van der Waals surface area contributed by atoms with Crippen LogP contribution in [0, 0.1) is 5.92 Å². The molecule has 0 radical (unpaired) electrons. The predicted molar refractivity (Wildman–Crippen MR) is 64.0 cm³/mol. The number of nitrogens with one attached hydrogen (secondary N) is 1. The normalized spacial score (nSPS) is 13.4. The Morgan fingerprint density at radius 2 is 2.20 bits per heavy atom. The molecular weight excluding hydrogens is 208 g/mol. The number of methoxy groups -OCH3 is 1. The van der Waals surface area contributed by atoms with Gasteiger partial charge in [-0.25, -0.2) is 4.98 Å². The van der Waals surface area contributed by atoms with Gasteiger partial charge in [-0.2, -0.15) is 0 Å². The fourth-order valence-corrected chi connectivity index (χ4v) is 1.89. The van der Waals surface area contributed by atoms with Gasteiger partial charge in [-0.3, -0.25) is 0 Å². The van der Waals surface area contributed by atoms with Crippen LogP contribution in [-0.2, 0) is 17.9 Å². The molecule has 0 bridgehead atoms. The molecule has 0 saturated heterocycles. The lowest BCUT2D eigenvalue weighted by Gasteiger charge is -2.16. The second-order valence-corrected chi connectivity index (χ2v) is 5.02. The number of nitrogens with zero attached hydrogens (tertiary/aromatic N) is 1. The summed E-state index contributed by atoms with van der Waals surface area (Å²) in [4.78, 5) is 4.46. The predicted octanol–water partition coefficient (Wildman–Crippen LogP) is 2.42. The zero-order chi connectivity index (χ0) is 11.3. The molecule has 1 aromatic rings. The van der Waals surface area contributed by atoms with Crippen molar-refractivity contribution in [1.82, 2.24) is 10.3 Å². The Morgan fingerprint density at radius 1 is 1.47 bits per heavy atom. The molecule has 0 spiro atoms. The van der Waals surface area contributed by atoms with E-state index in [-0.39, 0.29) is 0 Å². The molecule has 86 valence electrons. The summed E-state index contributed by atoms with van der Waals surface area (Å²) in [5.74, 6) is 0.655. The maximum Gasteiger partial charge on any atom is 0.119 e. The maximum atomic E-state index is 5.03. The van der Waals surface area contributed by atoms with Crippen molar-refractivity contribution in [2.24, 2.45) is 5.92 Å². The largest absolute Gasteiger partial charge is 0.378 e. The van der Waals surface area contributed by atoms with Gasteiger partial charge in [0.2, 0.25) is 0 Å². The van der Waals surface area contributed by atoms with Crippen LogP contribution in [0.4, 0.5) is 0 Å². The van der Waals surface area contributed by atoms with Crippen LogP contribution in [0.15, 0.2) is 5.38 Å². The Hall–Kier alpha value is -0.450. The van der Waals surface area contributed by atoms with Crippen LogP contribution >= 0.6 is 11.3 Å². The molecule has 0 amide bonds. The van der Waals surface area contributed by atoms with Crippen molar-refractivity contribution in [1.29, 1.82) is 0 Å².